The SMILES string of the molecule is C[C@H](CC/C=C/C(=O)NO)[C@H](OC(=O)Nc1ccc2c(c1)OCO2)c1ccc(OCCO)cc1. The zero-order chi connectivity index (χ0) is 24.3. The van der Waals surface area contributed by atoms with Crippen LogP contribution in [0.25, 0.3) is 0 Å². The number of benzene rings is 2. The van der Waals surface area contributed by atoms with Crippen LogP contribution in [0.2, 0.25) is 0 Å². The first-order valence-corrected chi connectivity index (χ1v) is 10.8. The summed E-state index contributed by atoms with van der Waals surface area (Å²) in [5.74, 6) is 1.03. The van der Waals surface area contributed by atoms with Crippen molar-refractivity contribution < 1.29 is 38.9 Å². The second-order valence-electron chi connectivity index (χ2n) is 7.59. The van der Waals surface area contributed by atoms with Crippen molar-refractivity contribution in [2.24, 2.45) is 5.92 Å². The number of nitrogens with one attached hydrogen (secondary N) is 2. The van der Waals surface area contributed by atoms with Crippen molar-refractivity contribution in [1.29, 1.82) is 0 Å². The van der Waals surface area contributed by atoms with Gasteiger partial charge in [-0.2, -0.15) is 0 Å². The van der Waals surface area contributed by atoms with Crippen LogP contribution in [-0.2, 0) is 9.53 Å². The van der Waals surface area contributed by atoms with Crippen LogP contribution in [0.3, 0.4) is 0 Å². The number of ether oxygens (including phenoxy) is 4. The summed E-state index contributed by atoms with van der Waals surface area (Å²) < 4.78 is 21.8. The second kappa shape index (κ2) is 12.5. The van der Waals surface area contributed by atoms with Crippen LogP contribution in [0.15, 0.2) is 54.6 Å². The molecule has 0 aliphatic carbocycles. The minimum absolute atomic E-state index is 0.0909. The van der Waals surface area contributed by atoms with Crippen LogP contribution in [0.5, 0.6) is 17.2 Å². The zero-order valence-electron chi connectivity index (χ0n) is 18.7. The van der Waals surface area contributed by atoms with Crippen molar-refractivity contribution in [2.75, 3.05) is 25.3 Å². The predicted octanol–water partition coefficient (Wildman–Crippen LogP) is 3.55. The lowest BCUT2D eigenvalue weighted by atomic mass is 9.93. The Morgan fingerprint density at radius 2 is 1.91 bits per heavy atom. The Balaban J connectivity index is 1.68. The molecule has 0 saturated heterocycles. The highest BCUT2D eigenvalue weighted by Gasteiger charge is 2.24. The summed E-state index contributed by atoms with van der Waals surface area (Å²) in [6.45, 7) is 2.16. The molecule has 0 saturated carbocycles. The van der Waals surface area contributed by atoms with Crippen molar-refractivity contribution in [2.45, 2.75) is 25.9 Å². The third kappa shape index (κ3) is 7.12. The fourth-order valence-corrected chi connectivity index (χ4v) is 3.41. The highest BCUT2D eigenvalue weighted by Crippen LogP contribution is 2.35. The summed E-state index contributed by atoms with van der Waals surface area (Å²) in [6, 6.07) is 12.2. The molecule has 0 bridgehead atoms. The van der Waals surface area contributed by atoms with E-state index in [4.69, 9.17) is 29.3 Å². The Kier molecular flexibility index (Phi) is 9.12. The number of carbonyl (C=O) groups excluding carboxylic acids is 2. The molecule has 2 aromatic carbocycles. The molecule has 2 amide bonds. The fourth-order valence-electron chi connectivity index (χ4n) is 3.41. The molecule has 2 aromatic rings. The molecule has 0 aromatic heterocycles. The van der Waals surface area contributed by atoms with Crippen molar-refractivity contribution in [3.05, 3.63) is 60.2 Å². The molecule has 1 aliphatic rings. The number of rotatable bonds is 11. The van der Waals surface area contributed by atoms with Crippen molar-refractivity contribution in [3.8, 4) is 17.2 Å². The minimum Gasteiger partial charge on any atom is -0.491 e. The third-order valence-corrected chi connectivity index (χ3v) is 5.11. The number of carbonyl (C=O) groups is 2. The summed E-state index contributed by atoms with van der Waals surface area (Å²) >= 11 is 0. The average Bonchev–Trinajstić information content (AvgIpc) is 3.32. The zero-order valence-corrected chi connectivity index (χ0v) is 18.7. The Hall–Kier alpha value is -3.76. The van der Waals surface area contributed by atoms with Gasteiger partial charge in [0.05, 0.1) is 6.61 Å². The maximum Gasteiger partial charge on any atom is 0.412 e. The number of anilines is 1. The molecular weight excluding hydrogens is 444 g/mol. The topological polar surface area (TPSA) is 136 Å². The van der Waals surface area contributed by atoms with Gasteiger partial charge in [-0.15, -0.1) is 0 Å². The maximum absolute atomic E-state index is 12.7. The van der Waals surface area contributed by atoms with E-state index in [0.717, 1.165) is 5.56 Å². The molecule has 182 valence electrons. The first kappa shape index (κ1) is 24.9. The number of fused-ring (bicyclic) bond motifs is 1. The van der Waals surface area contributed by atoms with Gasteiger partial charge in [0.15, 0.2) is 11.5 Å². The van der Waals surface area contributed by atoms with Gasteiger partial charge in [0.1, 0.15) is 18.5 Å². The van der Waals surface area contributed by atoms with Gasteiger partial charge in [-0.05, 0) is 48.6 Å². The maximum atomic E-state index is 12.7. The van der Waals surface area contributed by atoms with E-state index in [0.29, 0.717) is 35.8 Å². The molecule has 4 N–H and O–H groups in total. The monoisotopic (exact) mass is 472 g/mol. The van der Waals surface area contributed by atoms with E-state index in [1.54, 1.807) is 48.5 Å². The predicted molar refractivity (Wildman–Crippen MR) is 122 cm³/mol. The van der Waals surface area contributed by atoms with Crippen LogP contribution >= 0.6 is 0 Å². The van der Waals surface area contributed by atoms with Gasteiger partial charge >= 0.3 is 6.09 Å². The molecule has 0 spiro atoms. The molecule has 0 fully saturated rings. The summed E-state index contributed by atoms with van der Waals surface area (Å²) in [5, 5.41) is 20.2. The smallest absolute Gasteiger partial charge is 0.412 e. The van der Waals surface area contributed by atoms with Gasteiger partial charge in [0.25, 0.3) is 5.91 Å². The largest absolute Gasteiger partial charge is 0.491 e. The minimum atomic E-state index is -0.633. The van der Waals surface area contributed by atoms with Crippen LogP contribution in [-0.4, -0.2) is 42.3 Å². The van der Waals surface area contributed by atoms with Crippen LogP contribution in [0.1, 0.15) is 31.4 Å². The van der Waals surface area contributed by atoms with Gasteiger partial charge in [-0.3, -0.25) is 15.3 Å². The Morgan fingerprint density at radius 1 is 1.15 bits per heavy atom. The molecule has 0 unspecified atom stereocenters. The molecule has 1 heterocycles. The lowest BCUT2D eigenvalue weighted by Gasteiger charge is -2.25. The Morgan fingerprint density at radius 3 is 2.65 bits per heavy atom. The van der Waals surface area contributed by atoms with Crippen LogP contribution in [0.4, 0.5) is 10.5 Å². The van der Waals surface area contributed by atoms with Crippen molar-refractivity contribution >= 4 is 17.7 Å². The normalized spacial score (nSPS) is 13.9. The molecular formula is C24H28N2O8. The van der Waals surface area contributed by atoms with Crippen LogP contribution in [0, 0.1) is 5.92 Å². The van der Waals surface area contributed by atoms with Gasteiger partial charge in [-0.1, -0.05) is 25.1 Å². The Labute approximate surface area is 197 Å². The number of hydrogen-bond donors (Lipinski definition) is 4. The van der Waals surface area contributed by atoms with Crippen molar-refractivity contribution in [3.63, 3.8) is 0 Å². The fraction of sp³-hybridized carbons (Fsp3) is 0.333. The van der Waals surface area contributed by atoms with E-state index >= 15 is 0 Å². The number of hydroxylamine groups is 1. The quantitative estimate of drug-likeness (QED) is 0.221. The molecule has 0 radical (unpaired) electrons. The lowest BCUT2D eigenvalue weighted by molar-refractivity contribution is -0.124. The molecule has 10 heteroatoms. The standard InChI is InChI=1S/C24H28N2O8/c1-16(4-2-3-5-22(28)26-30)23(17-6-9-19(10-7-17)31-13-12-27)34-24(29)25-18-8-11-20-21(14-18)33-15-32-20/h3,5-11,14,16,23,27,30H,2,4,12-13,15H2,1H3,(H,25,29)(H,26,28)/b5-3+/t16-,23+/m1/s1. The van der Waals surface area contributed by atoms with Gasteiger partial charge < -0.3 is 24.1 Å². The molecule has 2 atom stereocenters. The summed E-state index contributed by atoms with van der Waals surface area (Å²) in [6.07, 6.45) is 2.81. The number of amides is 2. The number of aliphatic hydroxyl groups excluding tert-OH is 1. The first-order chi connectivity index (χ1) is 16.5. The molecule has 3 rings (SSSR count). The van der Waals surface area contributed by atoms with Crippen LogP contribution < -0.4 is 25.0 Å². The molecule has 1 aliphatic heterocycles. The summed E-state index contributed by atoms with van der Waals surface area (Å²) in [7, 11) is 0. The van der Waals surface area contributed by atoms with E-state index in [2.05, 4.69) is 5.32 Å². The van der Waals surface area contributed by atoms with Gasteiger partial charge in [0, 0.05) is 17.8 Å². The van der Waals surface area contributed by atoms with E-state index < -0.39 is 18.1 Å². The van der Waals surface area contributed by atoms with Crippen molar-refractivity contribution in [1.82, 2.24) is 5.48 Å². The molecule has 34 heavy (non-hydrogen) atoms. The number of hydrogen-bond acceptors (Lipinski definition) is 8. The average molecular weight is 472 g/mol. The lowest BCUT2D eigenvalue weighted by Crippen LogP contribution is -2.22. The van der Waals surface area contributed by atoms with E-state index in [9.17, 15) is 9.59 Å². The van der Waals surface area contributed by atoms with E-state index in [1.807, 2.05) is 6.92 Å². The van der Waals surface area contributed by atoms with Gasteiger partial charge in [-0.25, -0.2) is 10.3 Å². The summed E-state index contributed by atoms with van der Waals surface area (Å²) in [5.41, 5.74) is 2.81. The highest BCUT2D eigenvalue weighted by molar-refractivity contribution is 5.86. The van der Waals surface area contributed by atoms with Gasteiger partial charge in [0.2, 0.25) is 6.79 Å². The third-order valence-electron chi connectivity index (χ3n) is 5.11. The van der Waals surface area contributed by atoms with E-state index in [1.165, 1.54) is 11.6 Å². The Bertz CT molecular complexity index is 993. The molecule has 10 nitrogen and oxygen atoms in total. The number of aliphatic hydroxyl groups is 1. The first-order valence-electron chi connectivity index (χ1n) is 10.8. The highest BCUT2D eigenvalue weighted by atomic mass is 16.7. The number of allylic oxidation sites excluding steroid dienone is 1. The second-order valence-corrected chi connectivity index (χ2v) is 7.59. The van der Waals surface area contributed by atoms with E-state index in [-0.39, 0.29) is 25.9 Å². The summed E-state index contributed by atoms with van der Waals surface area (Å²) in [4.78, 5) is 23.9.